The SMILES string of the molecule is CO[C@]1(NC(=O)CSCC#N)C(=O)N2C(C(=O)O)=C(CSc3nnnn3C)CS[C@H]21. The molecule has 1 fully saturated rings. The van der Waals surface area contributed by atoms with Crippen LogP contribution in [0.2, 0.25) is 0 Å². The average Bonchev–Trinajstić information content (AvgIpc) is 3.14. The van der Waals surface area contributed by atoms with E-state index >= 15 is 0 Å². The van der Waals surface area contributed by atoms with Gasteiger partial charge in [0.15, 0.2) is 0 Å². The van der Waals surface area contributed by atoms with E-state index in [1.807, 2.05) is 6.07 Å². The van der Waals surface area contributed by atoms with Gasteiger partial charge in [-0.1, -0.05) is 11.8 Å². The monoisotopic (exact) mass is 471 g/mol. The van der Waals surface area contributed by atoms with Gasteiger partial charge in [-0.2, -0.15) is 5.26 Å². The van der Waals surface area contributed by atoms with E-state index in [9.17, 15) is 19.5 Å². The van der Waals surface area contributed by atoms with Crippen LogP contribution in [0.25, 0.3) is 0 Å². The fourth-order valence-corrected chi connectivity index (χ4v) is 5.86. The minimum Gasteiger partial charge on any atom is -0.477 e. The molecule has 2 aliphatic heterocycles. The number of hydrogen-bond acceptors (Lipinski definition) is 11. The number of nitriles is 1. The molecule has 1 saturated heterocycles. The lowest BCUT2D eigenvalue weighted by Crippen LogP contribution is -2.80. The molecule has 0 spiro atoms. The zero-order chi connectivity index (χ0) is 21.9. The predicted molar refractivity (Wildman–Crippen MR) is 108 cm³/mol. The number of amides is 2. The zero-order valence-electron chi connectivity index (χ0n) is 15.9. The topological polar surface area (TPSA) is 163 Å². The second kappa shape index (κ2) is 9.25. The molecule has 1 aromatic heterocycles. The molecule has 2 aliphatic rings. The molecule has 0 aromatic carbocycles. The molecular weight excluding hydrogens is 454 g/mol. The first-order valence-electron chi connectivity index (χ1n) is 8.42. The first-order valence-corrected chi connectivity index (χ1v) is 11.6. The number of aromatic nitrogens is 4. The molecule has 0 saturated carbocycles. The van der Waals surface area contributed by atoms with Crippen molar-refractivity contribution in [2.45, 2.75) is 16.3 Å². The Hall–Kier alpha value is -2.28. The van der Waals surface area contributed by atoms with E-state index in [1.54, 1.807) is 7.05 Å². The van der Waals surface area contributed by atoms with Crippen LogP contribution in [0.3, 0.4) is 0 Å². The minimum atomic E-state index is -1.64. The summed E-state index contributed by atoms with van der Waals surface area (Å²) < 4.78 is 6.83. The Morgan fingerprint density at radius 1 is 1.53 bits per heavy atom. The number of β-lactam (4-membered cyclic amide) rings is 1. The van der Waals surface area contributed by atoms with E-state index in [1.165, 1.54) is 35.3 Å². The lowest BCUT2D eigenvalue weighted by molar-refractivity contribution is -0.192. The first-order chi connectivity index (χ1) is 14.4. The highest BCUT2D eigenvalue weighted by atomic mass is 32.2. The van der Waals surface area contributed by atoms with Crippen molar-refractivity contribution in [1.82, 2.24) is 30.4 Å². The Morgan fingerprint density at radius 3 is 2.90 bits per heavy atom. The molecule has 15 heteroatoms. The van der Waals surface area contributed by atoms with Crippen LogP contribution >= 0.6 is 35.3 Å². The molecule has 2 N–H and O–H groups in total. The number of carbonyl (C=O) groups excluding carboxylic acids is 2. The van der Waals surface area contributed by atoms with Gasteiger partial charge >= 0.3 is 5.97 Å². The van der Waals surface area contributed by atoms with Gasteiger partial charge in [0, 0.05) is 25.7 Å². The molecule has 2 amide bonds. The number of fused-ring (bicyclic) bond motifs is 1. The third-order valence-corrected chi connectivity index (χ3v) is 7.59. The molecular formula is C15H17N7O5S3. The fourth-order valence-electron chi connectivity index (χ4n) is 2.98. The third kappa shape index (κ3) is 4.00. The number of hydrogen-bond donors (Lipinski definition) is 2. The zero-order valence-corrected chi connectivity index (χ0v) is 18.3. The summed E-state index contributed by atoms with van der Waals surface area (Å²) in [5.41, 5.74) is -1.21. The molecule has 2 atom stereocenters. The molecule has 0 aliphatic carbocycles. The van der Waals surface area contributed by atoms with Gasteiger partial charge in [-0.15, -0.1) is 28.6 Å². The number of carbonyl (C=O) groups is 3. The molecule has 160 valence electrons. The Labute approximate surface area is 183 Å². The summed E-state index contributed by atoms with van der Waals surface area (Å²) in [4.78, 5) is 38.2. The van der Waals surface area contributed by atoms with Crippen molar-refractivity contribution in [3.63, 3.8) is 0 Å². The molecule has 0 radical (unpaired) electrons. The number of thioether (sulfide) groups is 3. The number of tetrazole rings is 1. The van der Waals surface area contributed by atoms with Crippen LogP contribution in [0.5, 0.6) is 0 Å². The minimum absolute atomic E-state index is 0.0153. The second-order valence-corrected chi connectivity index (χ2v) is 9.11. The van der Waals surface area contributed by atoms with Crippen LogP contribution < -0.4 is 5.32 Å². The van der Waals surface area contributed by atoms with Crippen molar-refractivity contribution in [1.29, 1.82) is 5.26 Å². The van der Waals surface area contributed by atoms with E-state index in [-0.39, 0.29) is 23.0 Å². The average molecular weight is 472 g/mol. The maximum atomic E-state index is 12.9. The molecule has 3 heterocycles. The number of carboxylic acid groups (broad SMARTS) is 1. The van der Waals surface area contributed by atoms with Gasteiger partial charge < -0.3 is 15.2 Å². The molecule has 12 nitrogen and oxygen atoms in total. The van der Waals surface area contributed by atoms with Gasteiger partial charge in [0.05, 0.1) is 17.6 Å². The van der Waals surface area contributed by atoms with Crippen LogP contribution in [-0.4, -0.2) is 89.2 Å². The number of nitrogens with zero attached hydrogens (tertiary/aromatic N) is 6. The highest BCUT2D eigenvalue weighted by Gasteiger charge is 2.66. The number of aliphatic carboxylic acids is 1. The Morgan fingerprint density at radius 2 is 2.30 bits per heavy atom. The molecule has 0 bridgehead atoms. The lowest BCUT2D eigenvalue weighted by Gasteiger charge is -2.55. The summed E-state index contributed by atoms with van der Waals surface area (Å²) in [7, 11) is 2.96. The van der Waals surface area contributed by atoms with Gasteiger partial charge in [-0.3, -0.25) is 14.5 Å². The van der Waals surface area contributed by atoms with Gasteiger partial charge in [-0.05, 0) is 16.0 Å². The quantitative estimate of drug-likeness (QED) is 0.201. The van der Waals surface area contributed by atoms with E-state index in [4.69, 9.17) is 10.00 Å². The van der Waals surface area contributed by atoms with Crippen LogP contribution in [0.1, 0.15) is 0 Å². The van der Waals surface area contributed by atoms with Crippen molar-refractivity contribution in [2.24, 2.45) is 7.05 Å². The van der Waals surface area contributed by atoms with Crippen molar-refractivity contribution >= 4 is 53.1 Å². The van der Waals surface area contributed by atoms with Crippen LogP contribution in [0, 0.1) is 11.3 Å². The molecule has 0 unspecified atom stereocenters. The smallest absolute Gasteiger partial charge is 0.352 e. The highest BCUT2D eigenvalue weighted by Crippen LogP contribution is 2.47. The standard InChI is InChI=1S/C15H17N7O5S3/c1-21-14(18-19-20-21)30-6-8-5-29-13-15(27-2,17-9(23)7-28-4-3-16)12(26)22(13)10(8)11(24)25/h13H,4-7H2,1-2H3,(H,17,23)(H,24,25)/t13-,15+/m0/s1. The number of rotatable bonds is 9. The van der Waals surface area contributed by atoms with Crippen molar-refractivity contribution in [3.8, 4) is 6.07 Å². The normalized spacial score (nSPS) is 22.9. The number of ether oxygens (including phenoxy) is 1. The maximum Gasteiger partial charge on any atom is 0.352 e. The molecule has 1 aromatic rings. The summed E-state index contributed by atoms with van der Waals surface area (Å²) in [6.45, 7) is 0. The summed E-state index contributed by atoms with van der Waals surface area (Å²) in [5, 5.41) is 31.8. The Kier molecular flexibility index (Phi) is 6.91. The summed E-state index contributed by atoms with van der Waals surface area (Å²) in [6.07, 6.45) is 0. The number of aryl methyl sites for hydroxylation is 1. The third-order valence-electron chi connectivity index (χ3n) is 4.32. The number of carboxylic acids is 1. The van der Waals surface area contributed by atoms with Crippen molar-refractivity contribution in [3.05, 3.63) is 11.3 Å². The Bertz CT molecular complexity index is 945. The number of methoxy groups -OCH3 is 1. The summed E-state index contributed by atoms with van der Waals surface area (Å²) in [5.74, 6) is -1.61. The van der Waals surface area contributed by atoms with Gasteiger partial charge in [0.2, 0.25) is 11.1 Å². The van der Waals surface area contributed by atoms with Gasteiger partial charge in [-0.25, -0.2) is 9.48 Å². The summed E-state index contributed by atoms with van der Waals surface area (Å²) in [6, 6.07) is 1.92. The largest absolute Gasteiger partial charge is 0.477 e. The van der Waals surface area contributed by atoms with Crippen LogP contribution in [0.15, 0.2) is 16.4 Å². The maximum absolute atomic E-state index is 12.9. The predicted octanol–water partition coefficient (Wildman–Crippen LogP) is -0.728. The van der Waals surface area contributed by atoms with E-state index in [0.717, 1.165) is 16.7 Å². The van der Waals surface area contributed by atoms with Crippen LogP contribution in [-0.2, 0) is 26.2 Å². The van der Waals surface area contributed by atoms with Gasteiger partial charge in [0.25, 0.3) is 11.6 Å². The van der Waals surface area contributed by atoms with E-state index < -0.39 is 28.9 Å². The second-order valence-electron chi connectivity index (χ2n) is 6.11. The van der Waals surface area contributed by atoms with E-state index in [2.05, 4.69) is 20.8 Å². The van der Waals surface area contributed by atoms with Crippen molar-refractivity contribution < 1.29 is 24.2 Å². The lowest BCUT2D eigenvalue weighted by atomic mass is 9.98. The molecule has 30 heavy (non-hydrogen) atoms. The Balaban J connectivity index is 1.78. The first kappa shape index (κ1) is 22.4. The van der Waals surface area contributed by atoms with Crippen molar-refractivity contribution in [2.75, 3.05) is 30.1 Å². The number of nitrogens with one attached hydrogen (secondary N) is 1. The van der Waals surface area contributed by atoms with E-state index in [0.29, 0.717) is 16.5 Å². The van der Waals surface area contributed by atoms with Crippen LogP contribution in [0.4, 0.5) is 0 Å². The van der Waals surface area contributed by atoms with Gasteiger partial charge in [0.1, 0.15) is 11.1 Å². The fraction of sp³-hybridized carbons (Fsp3) is 0.533. The molecule has 3 rings (SSSR count). The highest BCUT2D eigenvalue weighted by molar-refractivity contribution is 8.01. The summed E-state index contributed by atoms with van der Waals surface area (Å²) >= 11 is 3.67.